The summed E-state index contributed by atoms with van der Waals surface area (Å²) in [5.74, 6) is -0.141. The second kappa shape index (κ2) is 10.4. The third kappa shape index (κ3) is 4.58. The molecule has 1 aliphatic rings. The van der Waals surface area contributed by atoms with Crippen LogP contribution in [0.25, 0.3) is 23.0 Å². The number of carbonyl (C=O) groups is 2. The Kier molecular flexibility index (Phi) is 7.16. The Morgan fingerprint density at radius 2 is 1.81 bits per heavy atom. The third-order valence-electron chi connectivity index (χ3n) is 6.08. The van der Waals surface area contributed by atoms with Gasteiger partial charge in [0.1, 0.15) is 17.4 Å². The van der Waals surface area contributed by atoms with Crippen molar-refractivity contribution in [3.63, 3.8) is 0 Å². The molecule has 0 saturated carbocycles. The van der Waals surface area contributed by atoms with Crippen LogP contribution in [0.3, 0.4) is 0 Å². The molecule has 36 heavy (non-hydrogen) atoms. The first kappa shape index (κ1) is 24.7. The zero-order valence-electron chi connectivity index (χ0n) is 20.9. The van der Waals surface area contributed by atoms with Crippen LogP contribution in [0.4, 0.5) is 0 Å². The van der Waals surface area contributed by atoms with E-state index in [2.05, 4.69) is 0 Å². The number of hydrogen-bond acceptors (Lipinski definition) is 5. The first-order valence-corrected chi connectivity index (χ1v) is 12.0. The number of carbonyl (C=O) groups excluding carboxylic acids is 2. The summed E-state index contributed by atoms with van der Waals surface area (Å²) in [6.07, 6.45) is 4.19. The van der Waals surface area contributed by atoms with Gasteiger partial charge in [0.25, 0.3) is 11.8 Å². The second-order valence-corrected chi connectivity index (χ2v) is 8.56. The van der Waals surface area contributed by atoms with Crippen LogP contribution in [0.5, 0.6) is 5.75 Å². The van der Waals surface area contributed by atoms with Crippen LogP contribution in [0, 0.1) is 18.3 Å². The number of nitriles is 1. The summed E-state index contributed by atoms with van der Waals surface area (Å²) in [5.41, 5.74) is 4.76. The van der Waals surface area contributed by atoms with Crippen molar-refractivity contribution in [3.8, 4) is 28.8 Å². The molecular formula is C29H28N4O3. The van der Waals surface area contributed by atoms with Crippen molar-refractivity contribution in [3.05, 3.63) is 82.6 Å². The second-order valence-electron chi connectivity index (χ2n) is 8.56. The number of rotatable bonds is 7. The van der Waals surface area contributed by atoms with Crippen molar-refractivity contribution < 1.29 is 14.3 Å². The van der Waals surface area contributed by atoms with E-state index in [9.17, 15) is 14.9 Å². The maximum Gasteiger partial charge on any atom is 0.271 e. The number of amides is 2. The smallest absolute Gasteiger partial charge is 0.271 e. The molecule has 1 aliphatic heterocycles. The molecule has 0 spiro atoms. The number of para-hydroxylation sites is 1. The molecule has 0 fully saturated rings. The summed E-state index contributed by atoms with van der Waals surface area (Å²) in [6.45, 7) is 8.27. The SMILES string of the molecule is CCCN1C(=O)C(C#N)=C(C)/C(=C\c2cn(-c3ccccc3)nc2-c2ccc(OCC)c(C)c2)C1=O. The summed E-state index contributed by atoms with van der Waals surface area (Å²) >= 11 is 0. The van der Waals surface area contributed by atoms with Gasteiger partial charge >= 0.3 is 0 Å². The van der Waals surface area contributed by atoms with Gasteiger partial charge in [-0.3, -0.25) is 14.5 Å². The molecule has 4 rings (SSSR count). The number of aryl methyl sites for hydroxylation is 1. The Labute approximate surface area is 210 Å². The van der Waals surface area contributed by atoms with Gasteiger partial charge in [-0.25, -0.2) is 4.68 Å². The standard InChI is InChI=1S/C29H28N4O3/c1-5-14-32-28(34)24(20(4)25(17-30)29(32)35)16-22-18-33(23-10-8-7-9-11-23)31-27(22)21-12-13-26(36-6-2)19(3)15-21/h7-13,15-16,18H,5-6,14H2,1-4H3/b24-16+. The minimum absolute atomic E-state index is 0.0109. The lowest BCUT2D eigenvalue weighted by Crippen LogP contribution is -2.43. The number of aromatic nitrogens is 2. The predicted octanol–water partition coefficient (Wildman–Crippen LogP) is 5.25. The number of ether oxygens (including phenoxy) is 1. The molecular weight excluding hydrogens is 452 g/mol. The highest BCUT2D eigenvalue weighted by molar-refractivity contribution is 6.19. The quantitative estimate of drug-likeness (QED) is 0.340. The van der Waals surface area contributed by atoms with Gasteiger partial charge in [-0.15, -0.1) is 0 Å². The Morgan fingerprint density at radius 1 is 1.06 bits per heavy atom. The summed E-state index contributed by atoms with van der Waals surface area (Å²) in [6, 6.07) is 17.5. The first-order valence-electron chi connectivity index (χ1n) is 12.0. The van der Waals surface area contributed by atoms with Gasteiger partial charge in [-0.2, -0.15) is 10.4 Å². The van der Waals surface area contributed by atoms with E-state index in [1.165, 1.54) is 0 Å². The highest BCUT2D eigenvalue weighted by atomic mass is 16.5. The maximum atomic E-state index is 13.3. The van der Waals surface area contributed by atoms with Crippen LogP contribution >= 0.6 is 0 Å². The molecule has 7 nitrogen and oxygen atoms in total. The van der Waals surface area contributed by atoms with Crippen LogP contribution in [0.2, 0.25) is 0 Å². The molecule has 0 saturated heterocycles. The topological polar surface area (TPSA) is 88.2 Å². The van der Waals surface area contributed by atoms with Crippen molar-refractivity contribution in [1.82, 2.24) is 14.7 Å². The van der Waals surface area contributed by atoms with E-state index in [1.807, 2.05) is 81.6 Å². The molecule has 0 N–H and O–H groups in total. The van der Waals surface area contributed by atoms with E-state index in [-0.39, 0.29) is 12.1 Å². The van der Waals surface area contributed by atoms with Crippen molar-refractivity contribution in [2.24, 2.45) is 0 Å². The van der Waals surface area contributed by atoms with Crippen LogP contribution in [-0.4, -0.2) is 39.6 Å². The van der Waals surface area contributed by atoms with E-state index >= 15 is 0 Å². The molecule has 1 aromatic heterocycles. The zero-order valence-corrected chi connectivity index (χ0v) is 20.9. The maximum absolute atomic E-state index is 13.3. The fraction of sp³-hybridized carbons (Fsp3) is 0.241. The minimum atomic E-state index is -0.540. The third-order valence-corrected chi connectivity index (χ3v) is 6.08. The van der Waals surface area contributed by atoms with Gasteiger partial charge < -0.3 is 4.74 Å². The number of imide groups is 1. The Bertz CT molecular complexity index is 1420. The van der Waals surface area contributed by atoms with Gasteiger partial charge in [0.05, 0.1) is 18.0 Å². The van der Waals surface area contributed by atoms with Gasteiger partial charge in [0.15, 0.2) is 0 Å². The van der Waals surface area contributed by atoms with E-state index in [0.29, 0.717) is 35.4 Å². The van der Waals surface area contributed by atoms with Gasteiger partial charge in [0, 0.05) is 29.4 Å². The van der Waals surface area contributed by atoms with E-state index in [0.717, 1.165) is 27.5 Å². The average Bonchev–Trinajstić information content (AvgIpc) is 3.30. The molecule has 2 aromatic carbocycles. The summed E-state index contributed by atoms with van der Waals surface area (Å²) in [7, 11) is 0. The molecule has 2 amide bonds. The van der Waals surface area contributed by atoms with Gasteiger partial charge in [-0.05, 0) is 74.7 Å². The molecule has 0 radical (unpaired) electrons. The van der Waals surface area contributed by atoms with Crippen molar-refractivity contribution >= 4 is 17.9 Å². The molecule has 0 aliphatic carbocycles. The van der Waals surface area contributed by atoms with Crippen molar-refractivity contribution in [2.45, 2.75) is 34.1 Å². The lowest BCUT2D eigenvalue weighted by atomic mass is 9.93. The number of benzene rings is 2. The fourth-order valence-corrected chi connectivity index (χ4v) is 4.26. The van der Waals surface area contributed by atoms with Crippen molar-refractivity contribution in [2.75, 3.05) is 13.2 Å². The Morgan fingerprint density at radius 3 is 2.44 bits per heavy atom. The summed E-state index contributed by atoms with van der Waals surface area (Å²) in [4.78, 5) is 27.2. The lowest BCUT2D eigenvalue weighted by Gasteiger charge is -2.27. The van der Waals surface area contributed by atoms with Crippen LogP contribution < -0.4 is 4.74 Å². The van der Waals surface area contributed by atoms with Crippen molar-refractivity contribution in [1.29, 1.82) is 5.26 Å². The molecule has 0 bridgehead atoms. The van der Waals surface area contributed by atoms with Gasteiger partial charge in [0.2, 0.25) is 0 Å². The summed E-state index contributed by atoms with van der Waals surface area (Å²) < 4.78 is 7.46. The Balaban J connectivity index is 1.91. The molecule has 2 heterocycles. The highest BCUT2D eigenvalue weighted by Gasteiger charge is 2.35. The predicted molar refractivity (Wildman–Crippen MR) is 138 cm³/mol. The molecule has 0 unspecified atom stereocenters. The summed E-state index contributed by atoms with van der Waals surface area (Å²) in [5, 5.41) is 14.5. The number of nitrogens with zero attached hydrogens (tertiary/aromatic N) is 4. The van der Waals surface area contributed by atoms with Crippen LogP contribution in [0.15, 0.2) is 71.4 Å². The average molecular weight is 481 g/mol. The Hall–Kier alpha value is -4.44. The van der Waals surface area contributed by atoms with Crippen LogP contribution in [-0.2, 0) is 9.59 Å². The normalized spacial score (nSPS) is 15.0. The molecule has 3 aromatic rings. The van der Waals surface area contributed by atoms with E-state index in [4.69, 9.17) is 9.84 Å². The van der Waals surface area contributed by atoms with Crippen LogP contribution in [0.1, 0.15) is 38.3 Å². The number of hydrogen-bond donors (Lipinski definition) is 0. The molecule has 0 atom stereocenters. The largest absolute Gasteiger partial charge is 0.494 e. The van der Waals surface area contributed by atoms with E-state index < -0.39 is 11.8 Å². The first-order chi connectivity index (χ1) is 17.4. The zero-order chi connectivity index (χ0) is 25.8. The monoisotopic (exact) mass is 480 g/mol. The van der Waals surface area contributed by atoms with Gasteiger partial charge in [-0.1, -0.05) is 25.1 Å². The molecule has 7 heteroatoms. The lowest BCUT2D eigenvalue weighted by molar-refractivity contribution is -0.140. The molecule has 182 valence electrons. The minimum Gasteiger partial charge on any atom is -0.494 e. The fourth-order valence-electron chi connectivity index (χ4n) is 4.26. The highest BCUT2D eigenvalue weighted by Crippen LogP contribution is 2.33. The van der Waals surface area contributed by atoms with E-state index in [1.54, 1.807) is 17.7 Å².